The average molecular weight is 278 g/mol. The number of para-hydroxylation sites is 1. The number of ether oxygens (including phenoxy) is 1. The van der Waals surface area contributed by atoms with E-state index in [1.54, 1.807) is 0 Å². The van der Waals surface area contributed by atoms with E-state index in [1.807, 2.05) is 12.2 Å². The van der Waals surface area contributed by atoms with Crippen LogP contribution in [0.1, 0.15) is 13.3 Å². The summed E-state index contributed by atoms with van der Waals surface area (Å²) in [5.41, 5.74) is -0.698. The van der Waals surface area contributed by atoms with Crippen LogP contribution in [0.2, 0.25) is 0 Å². The van der Waals surface area contributed by atoms with E-state index in [-0.39, 0.29) is 18.0 Å². The molecule has 0 amide bonds. The van der Waals surface area contributed by atoms with Gasteiger partial charge in [0, 0.05) is 0 Å². The van der Waals surface area contributed by atoms with Crippen molar-refractivity contribution in [3.05, 3.63) is 28.3 Å². The Labute approximate surface area is 107 Å². The highest BCUT2D eigenvalue weighted by Gasteiger charge is 2.29. The van der Waals surface area contributed by atoms with Gasteiger partial charge in [-0.1, -0.05) is 13.0 Å². The highest BCUT2D eigenvalue weighted by molar-refractivity contribution is 5.68. The van der Waals surface area contributed by atoms with E-state index < -0.39 is 23.3 Å². The maximum Gasteiger partial charge on any atom is 0.405 e. The molecule has 106 valence electrons. The van der Waals surface area contributed by atoms with Gasteiger partial charge in [0.25, 0.3) is 0 Å². The van der Waals surface area contributed by atoms with Crippen molar-refractivity contribution in [2.24, 2.45) is 0 Å². The van der Waals surface area contributed by atoms with Crippen molar-refractivity contribution in [1.82, 2.24) is 0 Å². The van der Waals surface area contributed by atoms with Crippen molar-refractivity contribution in [1.29, 1.82) is 0 Å². The lowest BCUT2D eigenvalue weighted by Gasteiger charge is -2.12. The van der Waals surface area contributed by atoms with Gasteiger partial charge in [-0.2, -0.15) is 13.2 Å². The minimum Gasteiger partial charge on any atom is -0.487 e. The second-order valence-electron chi connectivity index (χ2n) is 3.73. The van der Waals surface area contributed by atoms with Crippen LogP contribution in [-0.2, 0) is 0 Å². The molecule has 19 heavy (non-hydrogen) atoms. The fraction of sp³-hybridized carbons (Fsp3) is 0.455. The first-order valence-corrected chi connectivity index (χ1v) is 5.56. The van der Waals surface area contributed by atoms with Crippen molar-refractivity contribution < 1.29 is 22.8 Å². The van der Waals surface area contributed by atoms with Gasteiger partial charge in [-0.25, -0.2) is 0 Å². The summed E-state index contributed by atoms with van der Waals surface area (Å²) < 4.78 is 41.5. The zero-order chi connectivity index (χ0) is 14.5. The number of anilines is 1. The van der Waals surface area contributed by atoms with Crippen LogP contribution in [0.3, 0.4) is 0 Å². The summed E-state index contributed by atoms with van der Waals surface area (Å²) in [5.74, 6) is -0.0426. The van der Waals surface area contributed by atoms with Gasteiger partial charge >= 0.3 is 11.9 Å². The first-order chi connectivity index (χ1) is 8.85. The zero-order valence-corrected chi connectivity index (χ0v) is 10.2. The lowest BCUT2D eigenvalue weighted by atomic mass is 10.2. The van der Waals surface area contributed by atoms with E-state index in [2.05, 4.69) is 0 Å². The molecule has 1 rings (SSSR count). The Kier molecular flexibility index (Phi) is 4.96. The van der Waals surface area contributed by atoms with E-state index in [1.165, 1.54) is 18.2 Å². The van der Waals surface area contributed by atoms with Gasteiger partial charge in [-0.3, -0.25) is 10.1 Å². The maximum atomic E-state index is 12.1. The molecule has 0 aliphatic rings. The van der Waals surface area contributed by atoms with Gasteiger partial charge in [-0.15, -0.1) is 0 Å². The maximum absolute atomic E-state index is 12.1. The van der Waals surface area contributed by atoms with Gasteiger partial charge in [0.15, 0.2) is 5.75 Å². The van der Waals surface area contributed by atoms with Gasteiger partial charge in [0.05, 0.1) is 11.5 Å². The van der Waals surface area contributed by atoms with Crippen LogP contribution in [0.15, 0.2) is 18.2 Å². The van der Waals surface area contributed by atoms with Crippen LogP contribution < -0.4 is 10.1 Å². The largest absolute Gasteiger partial charge is 0.487 e. The van der Waals surface area contributed by atoms with Crippen LogP contribution in [0.4, 0.5) is 24.5 Å². The number of benzene rings is 1. The number of nitro groups is 1. The summed E-state index contributed by atoms with van der Waals surface area (Å²) in [5, 5.41) is 12.9. The van der Waals surface area contributed by atoms with E-state index >= 15 is 0 Å². The third-order valence-electron chi connectivity index (χ3n) is 2.12. The second-order valence-corrected chi connectivity index (χ2v) is 3.73. The fourth-order valence-electron chi connectivity index (χ4n) is 1.38. The average Bonchev–Trinajstić information content (AvgIpc) is 2.32. The molecule has 1 N–H and O–H groups in total. The van der Waals surface area contributed by atoms with Crippen molar-refractivity contribution in [3.63, 3.8) is 0 Å². The third-order valence-corrected chi connectivity index (χ3v) is 2.12. The highest BCUT2D eigenvalue weighted by Crippen LogP contribution is 2.35. The van der Waals surface area contributed by atoms with Crippen LogP contribution in [0.5, 0.6) is 5.75 Å². The van der Waals surface area contributed by atoms with Gasteiger partial charge < -0.3 is 10.1 Å². The van der Waals surface area contributed by atoms with Crippen molar-refractivity contribution in [2.45, 2.75) is 19.5 Å². The van der Waals surface area contributed by atoms with Crippen molar-refractivity contribution in [2.75, 3.05) is 18.5 Å². The molecule has 0 unspecified atom stereocenters. The lowest BCUT2D eigenvalue weighted by Crippen LogP contribution is -2.21. The van der Waals surface area contributed by atoms with Crippen LogP contribution in [0, 0.1) is 10.1 Å². The number of nitrogens with one attached hydrogen (secondary N) is 1. The minimum atomic E-state index is -4.45. The first kappa shape index (κ1) is 15.1. The second kappa shape index (κ2) is 6.26. The SMILES string of the molecule is CCCOc1cccc(NCC(F)(F)F)c1[N+](=O)[O-]. The third kappa shape index (κ3) is 4.65. The molecule has 0 fully saturated rings. The molecule has 1 aromatic carbocycles. The molecule has 0 aliphatic heterocycles. The van der Waals surface area contributed by atoms with Gasteiger partial charge in [0.1, 0.15) is 12.2 Å². The Bertz CT molecular complexity index is 449. The highest BCUT2D eigenvalue weighted by atomic mass is 19.4. The van der Waals surface area contributed by atoms with E-state index in [0.29, 0.717) is 6.42 Å². The van der Waals surface area contributed by atoms with Crippen LogP contribution >= 0.6 is 0 Å². The Hall–Kier alpha value is -1.99. The normalized spacial score (nSPS) is 11.2. The lowest BCUT2D eigenvalue weighted by molar-refractivity contribution is -0.385. The number of alkyl halides is 3. The van der Waals surface area contributed by atoms with E-state index in [4.69, 9.17) is 4.74 Å². The van der Waals surface area contributed by atoms with E-state index in [9.17, 15) is 23.3 Å². The summed E-state index contributed by atoms with van der Waals surface area (Å²) in [4.78, 5) is 10.2. The van der Waals surface area contributed by atoms with E-state index in [0.717, 1.165) is 0 Å². The topological polar surface area (TPSA) is 64.4 Å². The Morgan fingerprint density at radius 1 is 1.42 bits per heavy atom. The summed E-state index contributed by atoms with van der Waals surface area (Å²) in [6.45, 7) is 0.728. The molecule has 0 heterocycles. The summed E-state index contributed by atoms with van der Waals surface area (Å²) in [7, 11) is 0. The number of nitrogens with zero attached hydrogens (tertiary/aromatic N) is 1. The Balaban J connectivity index is 2.99. The quantitative estimate of drug-likeness (QED) is 0.640. The molecule has 0 atom stereocenters. The molecule has 0 bridgehead atoms. The molecule has 8 heteroatoms. The van der Waals surface area contributed by atoms with Crippen molar-refractivity contribution >= 4 is 11.4 Å². The molecule has 0 spiro atoms. The molecular weight excluding hydrogens is 265 g/mol. The molecule has 1 aromatic rings. The number of hydrogen-bond donors (Lipinski definition) is 1. The zero-order valence-electron chi connectivity index (χ0n) is 10.2. The summed E-state index contributed by atoms with van der Waals surface area (Å²) >= 11 is 0. The number of nitro benzene ring substituents is 1. The van der Waals surface area contributed by atoms with Crippen molar-refractivity contribution in [3.8, 4) is 5.75 Å². The molecular formula is C11H13F3N2O3. The van der Waals surface area contributed by atoms with Gasteiger partial charge in [-0.05, 0) is 18.6 Å². The molecule has 0 radical (unpaired) electrons. The molecule has 0 aromatic heterocycles. The number of hydrogen-bond acceptors (Lipinski definition) is 4. The molecule has 0 aliphatic carbocycles. The minimum absolute atomic E-state index is 0.0426. The summed E-state index contributed by atoms with van der Waals surface area (Å²) in [6.07, 6.45) is -3.81. The number of rotatable bonds is 6. The Morgan fingerprint density at radius 3 is 2.63 bits per heavy atom. The molecule has 0 saturated heterocycles. The monoisotopic (exact) mass is 278 g/mol. The smallest absolute Gasteiger partial charge is 0.405 e. The number of halogens is 3. The fourth-order valence-corrected chi connectivity index (χ4v) is 1.38. The van der Waals surface area contributed by atoms with Gasteiger partial charge in [0.2, 0.25) is 0 Å². The Morgan fingerprint density at radius 2 is 2.11 bits per heavy atom. The summed E-state index contributed by atoms with van der Waals surface area (Å²) in [6, 6.07) is 3.96. The van der Waals surface area contributed by atoms with Crippen LogP contribution in [0.25, 0.3) is 0 Å². The first-order valence-electron chi connectivity index (χ1n) is 5.56. The predicted molar refractivity (Wildman–Crippen MR) is 63.4 cm³/mol. The molecule has 5 nitrogen and oxygen atoms in total. The standard InChI is InChI=1S/C11H13F3N2O3/c1-2-6-19-9-5-3-4-8(10(9)16(17)18)15-7-11(12,13)14/h3-5,15H,2,6-7H2,1H3. The predicted octanol–water partition coefficient (Wildman–Crippen LogP) is 3.36. The van der Waals surface area contributed by atoms with Crippen LogP contribution in [-0.4, -0.2) is 24.3 Å². The molecule has 0 saturated carbocycles.